The van der Waals surface area contributed by atoms with E-state index in [1.54, 1.807) is 24.8 Å². The lowest BCUT2D eigenvalue weighted by Gasteiger charge is -2.46. The number of ether oxygens (including phenoxy) is 2. The van der Waals surface area contributed by atoms with E-state index in [9.17, 15) is 24.3 Å². The van der Waals surface area contributed by atoms with Gasteiger partial charge in [-0.15, -0.1) is 0 Å². The topological polar surface area (TPSA) is 125 Å². The van der Waals surface area contributed by atoms with Crippen molar-refractivity contribution in [2.75, 3.05) is 19.7 Å². The molecule has 0 aromatic heterocycles. The molecule has 2 fully saturated rings. The fourth-order valence-corrected chi connectivity index (χ4v) is 7.86. The first-order valence-corrected chi connectivity index (χ1v) is 15.3. The van der Waals surface area contributed by atoms with E-state index in [4.69, 9.17) is 9.47 Å². The summed E-state index contributed by atoms with van der Waals surface area (Å²) in [6.45, 7) is 13.8. The molecule has 0 unspecified atom stereocenters. The average molecular weight is 639 g/mol. The molecule has 0 aliphatic carbocycles. The fourth-order valence-electron chi connectivity index (χ4n) is 7.12. The van der Waals surface area contributed by atoms with Crippen molar-refractivity contribution in [2.45, 2.75) is 103 Å². The number of aliphatic hydroxyl groups excluding tert-OH is 1. The molecular weight excluding hydrogens is 594 g/mol. The molecule has 2 N–H and O–H groups in total. The largest absolute Gasteiger partial charge is 0.460 e. The minimum absolute atomic E-state index is 0.111. The molecule has 4 aliphatic heterocycles. The number of carbonyl (C=O) groups is 4. The third kappa shape index (κ3) is 5.86. The van der Waals surface area contributed by atoms with Crippen LogP contribution >= 0.6 is 15.9 Å². The van der Waals surface area contributed by atoms with Gasteiger partial charge in [-0.3, -0.25) is 19.2 Å². The Morgan fingerprint density at radius 2 is 1.83 bits per heavy atom. The number of esters is 1. The summed E-state index contributed by atoms with van der Waals surface area (Å²) in [4.78, 5) is 58.2. The van der Waals surface area contributed by atoms with Crippen LogP contribution in [0.2, 0.25) is 0 Å². The molecule has 3 amide bonds. The van der Waals surface area contributed by atoms with Gasteiger partial charge in [-0.2, -0.15) is 0 Å². The number of nitrogens with one attached hydrogen (secondary N) is 1. The van der Waals surface area contributed by atoms with E-state index in [2.05, 4.69) is 42.0 Å². The Bertz CT molecular complexity index is 1150. The van der Waals surface area contributed by atoms with Crippen LogP contribution in [0.1, 0.15) is 67.7 Å². The molecule has 0 radical (unpaired) electrons. The van der Waals surface area contributed by atoms with Crippen LogP contribution in [0.5, 0.6) is 0 Å². The summed E-state index contributed by atoms with van der Waals surface area (Å²) in [6.07, 6.45) is 5.52. The number of likely N-dealkylation sites (tertiary alicyclic amines) is 1. The Morgan fingerprint density at radius 1 is 1.15 bits per heavy atom. The van der Waals surface area contributed by atoms with Crippen molar-refractivity contribution in [3.63, 3.8) is 0 Å². The lowest BCUT2D eigenvalue weighted by Crippen LogP contribution is -2.62. The number of halogens is 1. The molecule has 10 nitrogen and oxygen atoms in total. The molecule has 0 saturated carbocycles. The Hall–Kier alpha value is -2.24. The Kier molecular flexibility index (Phi) is 8.85. The lowest BCUT2D eigenvalue weighted by atomic mass is 9.74. The van der Waals surface area contributed by atoms with E-state index >= 15 is 0 Å². The second-order valence-electron chi connectivity index (χ2n) is 13.7. The first kappa shape index (κ1) is 31.7. The molecule has 7 atom stereocenters. The van der Waals surface area contributed by atoms with Crippen LogP contribution in [-0.2, 0) is 28.7 Å². The first-order chi connectivity index (χ1) is 19.0. The lowest BCUT2D eigenvalue weighted by molar-refractivity contribution is -0.160. The number of rotatable bonds is 4. The van der Waals surface area contributed by atoms with Gasteiger partial charge < -0.3 is 29.7 Å². The molecule has 4 rings (SSSR count). The van der Waals surface area contributed by atoms with Crippen molar-refractivity contribution >= 4 is 39.6 Å². The van der Waals surface area contributed by atoms with E-state index < -0.39 is 59.1 Å². The van der Waals surface area contributed by atoms with Gasteiger partial charge in [-0.1, -0.05) is 48.9 Å². The smallest absolute Gasteiger partial charge is 0.313 e. The molecule has 5 bridgehead atoms. The van der Waals surface area contributed by atoms with E-state index in [0.717, 1.165) is 0 Å². The van der Waals surface area contributed by atoms with Gasteiger partial charge in [-0.05, 0) is 52.0 Å². The van der Waals surface area contributed by atoms with E-state index in [1.165, 1.54) is 4.90 Å². The third-order valence-corrected chi connectivity index (χ3v) is 9.15. The van der Waals surface area contributed by atoms with Crippen molar-refractivity contribution in [1.82, 2.24) is 15.1 Å². The monoisotopic (exact) mass is 637 g/mol. The van der Waals surface area contributed by atoms with Crippen molar-refractivity contribution in [2.24, 2.45) is 17.3 Å². The number of fused-ring (bicyclic) bond motifs is 2. The Labute approximate surface area is 251 Å². The zero-order valence-corrected chi connectivity index (χ0v) is 26.7. The molecule has 11 heteroatoms. The van der Waals surface area contributed by atoms with Crippen LogP contribution in [0.3, 0.4) is 0 Å². The fraction of sp³-hybridized carbons (Fsp3) is 0.733. The van der Waals surface area contributed by atoms with Crippen LogP contribution in [0.4, 0.5) is 0 Å². The highest BCUT2D eigenvalue weighted by atomic mass is 79.9. The molecular formula is C30H44BrN3O7. The number of hydrogen-bond donors (Lipinski definition) is 2. The first-order valence-electron chi connectivity index (χ1n) is 14.5. The van der Waals surface area contributed by atoms with Crippen LogP contribution in [0.25, 0.3) is 0 Å². The van der Waals surface area contributed by atoms with Gasteiger partial charge in [0.15, 0.2) is 0 Å². The molecule has 41 heavy (non-hydrogen) atoms. The highest BCUT2D eigenvalue weighted by molar-refractivity contribution is 9.11. The minimum Gasteiger partial charge on any atom is -0.460 e. The van der Waals surface area contributed by atoms with Crippen LogP contribution < -0.4 is 5.32 Å². The summed E-state index contributed by atoms with van der Waals surface area (Å²) >= 11 is 3.54. The number of nitrogens with zero attached hydrogens (tertiary/aromatic N) is 2. The zero-order valence-electron chi connectivity index (χ0n) is 25.1. The van der Waals surface area contributed by atoms with Gasteiger partial charge in [0.25, 0.3) is 0 Å². The zero-order chi connectivity index (χ0) is 30.5. The summed E-state index contributed by atoms with van der Waals surface area (Å²) in [6, 6.07) is -1.78. The van der Waals surface area contributed by atoms with Gasteiger partial charge in [0.2, 0.25) is 17.7 Å². The van der Waals surface area contributed by atoms with Gasteiger partial charge >= 0.3 is 5.97 Å². The molecule has 4 heterocycles. The predicted octanol–water partition coefficient (Wildman–Crippen LogP) is 2.68. The SMILES string of the molecule is C[C@H](CO)N1C(=O)[C@@H]2[C@H]3C(=O)O[C@@H](C)CNC(=O)CC/C=C\CN(C(C)(C)CC(C)(C)C)C(=O)[C@@H]1[C@]21C=C(Br)[C@H]3O1. The number of carbonyl (C=O) groups excluding carboxylic acids is 4. The van der Waals surface area contributed by atoms with Crippen molar-refractivity contribution < 1.29 is 33.8 Å². The third-order valence-electron chi connectivity index (χ3n) is 8.47. The Balaban J connectivity index is 1.86. The quantitative estimate of drug-likeness (QED) is 0.359. The molecule has 1 spiro atoms. The molecule has 0 aromatic rings. The minimum atomic E-state index is -1.41. The Morgan fingerprint density at radius 3 is 2.46 bits per heavy atom. The second-order valence-corrected chi connectivity index (χ2v) is 14.6. The highest BCUT2D eigenvalue weighted by Crippen LogP contribution is 2.59. The van der Waals surface area contributed by atoms with Gasteiger partial charge in [-0.25, -0.2) is 0 Å². The number of aliphatic hydroxyl groups is 1. The van der Waals surface area contributed by atoms with Crippen molar-refractivity contribution in [3.8, 4) is 0 Å². The van der Waals surface area contributed by atoms with Crippen molar-refractivity contribution in [3.05, 3.63) is 22.7 Å². The normalized spacial score (nSPS) is 34.8. The number of hydrogen-bond acceptors (Lipinski definition) is 7. The highest BCUT2D eigenvalue weighted by Gasteiger charge is 2.75. The molecule has 2 saturated heterocycles. The van der Waals surface area contributed by atoms with Crippen LogP contribution in [-0.4, -0.2) is 93.7 Å². The van der Waals surface area contributed by atoms with Crippen molar-refractivity contribution in [1.29, 1.82) is 0 Å². The maximum Gasteiger partial charge on any atom is 0.313 e. The molecule has 0 aromatic carbocycles. The summed E-state index contributed by atoms with van der Waals surface area (Å²) < 4.78 is 12.8. The number of cyclic esters (lactones) is 1. The van der Waals surface area contributed by atoms with Gasteiger partial charge in [0.1, 0.15) is 29.8 Å². The van der Waals surface area contributed by atoms with Crippen LogP contribution in [0.15, 0.2) is 22.7 Å². The van der Waals surface area contributed by atoms with E-state index in [0.29, 0.717) is 17.3 Å². The van der Waals surface area contributed by atoms with E-state index in [-0.39, 0.29) is 43.3 Å². The van der Waals surface area contributed by atoms with Gasteiger partial charge in [0.05, 0.1) is 25.1 Å². The average Bonchev–Trinajstić information content (AvgIpc) is 3.45. The van der Waals surface area contributed by atoms with Gasteiger partial charge in [0, 0.05) is 23.0 Å². The summed E-state index contributed by atoms with van der Waals surface area (Å²) in [5, 5.41) is 13.0. The van der Waals surface area contributed by atoms with E-state index in [1.807, 2.05) is 26.0 Å². The number of allylic oxidation sites excluding steroid dienone is 1. The summed E-state index contributed by atoms with van der Waals surface area (Å²) in [5.41, 5.74) is -2.15. The van der Waals surface area contributed by atoms with Crippen LogP contribution in [0, 0.1) is 17.3 Å². The molecule has 228 valence electrons. The summed E-state index contributed by atoms with van der Waals surface area (Å²) in [7, 11) is 0. The number of amides is 3. The summed E-state index contributed by atoms with van der Waals surface area (Å²) in [5.74, 6) is -3.51. The second kappa shape index (κ2) is 11.4. The maximum absolute atomic E-state index is 14.8. The molecule has 4 aliphatic rings. The maximum atomic E-state index is 14.8. The predicted molar refractivity (Wildman–Crippen MR) is 156 cm³/mol. The standard InChI is InChI=1S/C30H44BrN3O7/c1-17(15-35)34-24-26(38)33(29(6,7)16-28(3,4)5)12-10-8-9-11-20(36)32-14-18(2)40-27(39)21-22(25(34)37)30(24)13-19(31)23(21)41-30/h8,10,13,17-18,21-24,35H,9,11-12,14-16H2,1-7H3,(H,32,36)/b10-8-/t17-,18+,21-,22+,23-,24-,30+/m1/s1.